The molecule has 31 heavy (non-hydrogen) atoms. The van der Waals surface area contributed by atoms with E-state index in [0.29, 0.717) is 11.1 Å². The fraction of sp³-hybridized carbons (Fsp3) is 0. The van der Waals surface area contributed by atoms with Gasteiger partial charge in [0.25, 0.3) is 11.5 Å². The molecule has 8 nitrogen and oxygen atoms in total. The normalized spacial score (nSPS) is 11.1. The summed E-state index contributed by atoms with van der Waals surface area (Å²) in [6.07, 6.45) is 0.962. The van der Waals surface area contributed by atoms with Crippen LogP contribution in [0.5, 0.6) is 5.88 Å². The van der Waals surface area contributed by atoms with Crippen molar-refractivity contribution in [2.75, 3.05) is 0 Å². The number of rotatable bonds is 4. The lowest BCUT2D eigenvalue weighted by molar-refractivity contribution is 0.0955. The molecule has 0 spiro atoms. The van der Waals surface area contributed by atoms with Gasteiger partial charge in [-0.05, 0) is 23.6 Å². The van der Waals surface area contributed by atoms with Gasteiger partial charge < -0.3 is 5.11 Å². The van der Waals surface area contributed by atoms with Crippen molar-refractivity contribution in [2.24, 2.45) is 5.10 Å². The van der Waals surface area contributed by atoms with Gasteiger partial charge in [0.15, 0.2) is 0 Å². The summed E-state index contributed by atoms with van der Waals surface area (Å²) in [6, 6.07) is 18.9. The lowest BCUT2D eigenvalue weighted by Crippen LogP contribution is -2.31. The van der Waals surface area contributed by atoms with E-state index in [1.165, 1.54) is 6.07 Å². The molecule has 154 valence electrons. The Morgan fingerprint density at radius 3 is 2.55 bits per heavy atom. The van der Waals surface area contributed by atoms with Crippen LogP contribution < -0.4 is 16.7 Å². The number of hydrazone groups is 1. The highest BCUT2D eigenvalue weighted by atomic mass is 35.5. The van der Waals surface area contributed by atoms with Crippen LogP contribution in [0.1, 0.15) is 15.9 Å². The van der Waals surface area contributed by atoms with Crippen LogP contribution in [0.15, 0.2) is 81.4 Å². The number of fused-ring (bicyclic) bond motifs is 1. The Morgan fingerprint density at radius 1 is 1.03 bits per heavy atom. The Bertz CT molecular complexity index is 1450. The molecule has 0 bridgehead atoms. The summed E-state index contributed by atoms with van der Waals surface area (Å²) in [5.74, 6) is -1.21. The third-order valence-corrected chi connectivity index (χ3v) is 4.94. The highest BCUT2D eigenvalue weighted by Crippen LogP contribution is 2.24. The minimum atomic E-state index is -0.852. The maximum Gasteiger partial charge on any atom is 0.335 e. The maximum atomic E-state index is 12.5. The predicted molar refractivity (Wildman–Crippen MR) is 118 cm³/mol. The molecule has 0 unspecified atom stereocenters. The summed E-state index contributed by atoms with van der Waals surface area (Å²) in [5.41, 5.74) is 0.856. The number of aromatic amines is 1. The molecule has 4 aromatic rings. The molecule has 4 rings (SSSR count). The van der Waals surface area contributed by atoms with Gasteiger partial charge in [0, 0.05) is 5.39 Å². The van der Waals surface area contributed by atoms with Gasteiger partial charge >= 0.3 is 5.69 Å². The number of halogens is 1. The van der Waals surface area contributed by atoms with Crippen molar-refractivity contribution in [1.29, 1.82) is 0 Å². The first-order valence-corrected chi connectivity index (χ1v) is 9.49. The SMILES string of the molecule is O=C(N/N=C/c1c(O)n(-c2cccc3ccccc23)c(=O)[nH]c1=O)c1ccccc1Cl. The van der Waals surface area contributed by atoms with E-state index in [9.17, 15) is 19.5 Å². The van der Waals surface area contributed by atoms with E-state index >= 15 is 0 Å². The van der Waals surface area contributed by atoms with Gasteiger partial charge in [-0.1, -0.05) is 60.1 Å². The molecule has 0 atom stereocenters. The number of carbonyl (C=O) groups excluding carboxylic acids is 1. The summed E-state index contributed by atoms with van der Waals surface area (Å²) in [5, 5.41) is 16.2. The van der Waals surface area contributed by atoms with Gasteiger partial charge in [-0.3, -0.25) is 14.6 Å². The summed E-state index contributed by atoms with van der Waals surface area (Å²) < 4.78 is 0.973. The van der Waals surface area contributed by atoms with E-state index in [4.69, 9.17) is 11.6 Å². The van der Waals surface area contributed by atoms with Crippen molar-refractivity contribution < 1.29 is 9.90 Å². The van der Waals surface area contributed by atoms with Gasteiger partial charge in [-0.15, -0.1) is 0 Å². The largest absolute Gasteiger partial charge is 0.493 e. The molecule has 1 aromatic heterocycles. The molecular formula is C22H15ClN4O4. The van der Waals surface area contributed by atoms with Gasteiger partial charge in [0.2, 0.25) is 5.88 Å². The quantitative estimate of drug-likeness (QED) is 0.338. The number of nitrogens with one attached hydrogen (secondary N) is 2. The summed E-state index contributed by atoms with van der Waals surface area (Å²) in [6.45, 7) is 0. The Kier molecular flexibility index (Phi) is 5.38. The smallest absolute Gasteiger partial charge is 0.335 e. The number of benzene rings is 3. The fourth-order valence-electron chi connectivity index (χ4n) is 3.14. The number of carbonyl (C=O) groups is 1. The van der Waals surface area contributed by atoms with Crippen LogP contribution in [0.3, 0.4) is 0 Å². The summed E-state index contributed by atoms with van der Waals surface area (Å²) in [7, 11) is 0. The topological polar surface area (TPSA) is 117 Å². The minimum Gasteiger partial charge on any atom is -0.493 e. The third-order valence-electron chi connectivity index (χ3n) is 4.61. The Hall–Kier alpha value is -4.17. The molecule has 3 aromatic carbocycles. The monoisotopic (exact) mass is 434 g/mol. The zero-order chi connectivity index (χ0) is 22.0. The Balaban J connectivity index is 1.74. The molecule has 0 aliphatic rings. The second-order valence-electron chi connectivity index (χ2n) is 6.51. The zero-order valence-electron chi connectivity index (χ0n) is 15.9. The molecular weight excluding hydrogens is 420 g/mol. The van der Waals surface area contributed by atoms with Crippen LogP contribution in [-0.2, 0) is 0 Å². The number of hydrogen-bond donors (Lipinski definition) is 3. The molecule has 0 radical (unpaired) electrons. The van der Waals surface area contributed by atoms with Crippen molar-refractivity contribution in [3.63, 3.8) is 0 Å². The van der Waals surface area contributed by atoms with Crippen molar-refractivity contribution in [1.82, 2.24) is 15.0 Å². The average molecular weight is 435 g/mol. The highest BCUT2D eigenvalue weighted by Gasteiger charge is 2.16. The molecule has 1 heterocycles. The number of amides is 1. The number of aromatic hydroxyl groups is 1. The van der Waals surface area contributed by atoms with Crippen molar-refractivity contribution >= 4 is 34.5 Å². The molecule has 1 amide bonds. The molecule has 0 saturated carbocycles. The Morgan fingerprint density at radius 2 is 1.74 bits per heavy atom. The summed E-state index contributed by atoms with van der Waals surface area (Å²) in [4.78, 5) is 39.1. The molecule has 3 N–H and O–H groups in total. The Labute approximate surface area is 180 Å². The molecule has 9 heteroatoms. The van der Waals surface area contributed by atoms with E-state index < -0.39 is 23.0 Å². The minimum absolute atomic E-state index is 0.195. The van der Waals surface area contributed by atoms with Gasteiger partial charge in [-0.2, -0.15) is 5.10 Å². The summed E-state index contributed by atoms with van der Waals surface area (Å²) >= 11 is 5.97. The van der Waals surface area contributed by atoms with Crippen LogP contribution >= 0.6 is 11.6 Å². The average Bonchev–Trinajstić information content (AvgIpc) is 2.76. The van der Waals surface area contributed by atoms with Crippen molar-refractivity contribution in [3.8, 4) is 11.6 Å². The zero-order valence-corrected chi connectivity index (χ0v) is 16.6. The first kappa shape index (κ1) is 20.1. The predicted octanol–water partition coefficient (Wildman–Crippen LogP) is 2.80. The standard InChI is InChI=1S/C22H15ClN4O4/c23-17-10-4-3-9-15(17)20(29)26-24-12-16-19(28)25-22(31)27(21(16)30)18-11-5-7-13-6-1-2-8-14(13)18/h1-12,30H,(H,26,29)(H,25,28,31)/b24-12+. The number of aromatic nitrogens is 2. The molecule has 0 aliphatic carbocycles. The second kappa shape index (κ2) is 8.29. The van der Waals surface area contributed by atoms with Gasteiger partial charge in [0.05, 0.1) is 22.5 Å². The number of H-pyrrole nitrogens is 1. The van der Waals surface area contributed by atoms with E-state index in [1.54, 1.807) is 42.5 Å². The van der Waals surface area contributed by atoms with Crippen molar-refractivity contribution in [3.05, 3.63) is 104 Å². The third kappa shape index (κ3) is 3.84. The van der Waals surface area contributed by atoms with Gasteiger partial charge in [-0.25, -0.2) is 14.8 Å². The van der Waals surface area contributed by atoms with Crippen molar-refractivity contribution in [2.45, 2.75) is 0 Å². The molecule has 0 saturated heterocycles. The first-order valence-electron chi connectivity index (χ1n) is 9.11. The van der Waals surface area contributed by atoms with E-state index in [1.807, 2.05) is 18.2 Å². The van der Waals surface area contributed by atoms with Crippen LogP contribution in [0.4, 0.5) is 0 Å². The fourth-order valence-corrected chi connectivity index (χ4v) is 3.36. The lowest BCUT2D eigenvalue weighted by Gasteiger charge is -2.12. The molecule has 0 aliphatic heterocycles. The van der Waals surface area contributed by atoms with Gasteiger partial charge in [0.1, 0.15) is 5.56 Å². The second-order valence-corrected chi connectivity index (χ2v) is 6.92. The van der Waals surface area contributed by atoms with Crippen LogP contribution in [0.25, 0.3) is 16.5 Å². The maximum absolute atomic E-state index is 12.5. The lowest BCUT2D eigenvalue weighted by atomic mass is 10.1. The number of hydrogen-bond acceptors (Lipinski definition) is 5. The highest BCUT2D eigenvalue weighted by molar-refractivity contribution is 6.33. The van der Waals surface area contributed by atoms with E-state index in [-0.39, 0.29) is 16.1 Å². The first-order chi connectivity index (χ1) is 15.0. The van der Waals surface area contributed by atoms with E-state index in [0.717, 1.165) is 16.2 Å². The van der Waals surface area contributed by atoms with E-state index in [2.05, 4.69) is 15.5 Å². The van der Waals surface area contributed by atoms with Crippen LogP contribution in [0, 0.1) is 0 Å². The van der Waals surface area contributed by atoms with Crippen LogP contribution in [0.2, 0.25) is 5.02 Å². The molecule has 0 fully saturated rings. The number of nitrogens with zero attached hydrogens (tertiary/aromatic N) is 2. The van der Waals surface area contributed by atoms with Crippen LogP contribution in [-0.4, -0.2) is 26.8 Å².